The molecule has 1 rings (SSSR count). The van der Waals surface area contributed by atoms with Gasteiger partial charge in [-0.25, -0.2) is 14.6 Å². The van der Waals surface area contributed by atoms with Gasteiger partial charge in [-0.2, -0.15) is 0 Å². The molecule has 16 heavy (non-hydrogen) atoms. The van der Waals surface area contributed by atoms with Crippen LogP contribution in [0.1, 0.15) is 24.2 Å². The van der Waals surface area contributed by atoms with Gasteiger partial charge in [-0.1, -0.05) is 0 Å². The van der Waals surface area contributed by atoms with Gasteiger partial charge in [0.25, 0.3) is 0 Å². The van der Waals surface area contributed by atoms with Crippen molar-refractivity contribution in [1.29, 1.82) is 0 Å². The Morgan fingerprint density at radius 2 is 2.12 bits per heavy atom. The van der Waals surface area contributed by atoms with Crippen LogP contribution in [0, 0.1) is 0 Å². The van der Waals surface area contributed by atoms with Crippen molar-refractivity contribution < 1.29 is 19.4 Å². The largest absolute Gasteiger partial charge is 0.478 e. The molecule has 0 saturated carbocycles. The van der Waals surface area contributed by atoms with E-state index in [-0.39, 0.29) is 17.5 Å². The second-order valence-corrected chi connectivity index (χ2v) is 3.32. The zero-order chi connectivity index (χ0) is 12.1. The molecule has 0 bridgehead atoms. The Morgan fingerprint density at radius 3 is 2.56 bits per heavy atom. The number of ether oxygens (including phenoxy) is 1. The predicted octanol–water partition coefficient (Wildman–Crippen LogP) is 1.74. The van der Waals surface area contributed by atoms with Gasteiger partial charge in [0.05, 0.1) is 11.7 Å². The minimum absolute atomic E-state index is 0.0581. The number of carboxylic acids is 1. The van der Waals surface area contributed by atoms with Crippen LogP contribution in [0.3, 0.4) is 0 Å². The number of aromatic carboxylic acids is 1. The molecule has 2 N–H and O–H groups in total. The van der Waals surface area contributed by atoms with Gasteiger partial charge in [-0.3, -0.25) is 5.32 Å². The Labute approximate surface area is 92.3 Å². The first kappa shape index (κ1) is 12.0. The molecule has 86 valence electrons. The summed E-state index contributed by atoms with van der Waals surface area (Å²) in [6, 6.07) is 2.74. The minimum atomic E-state index is -1.07. The normalized spacial score (nSPS) is 9.94. The van der Waals surface area contributed by atoms with Gasteiger partial charge in [-0.05, 0) is 26.0 Å². The minimum Gasteiger partial charge on any atom is -0.478 e. The highest BCUT2D eigenvalue weighted by Crippen LogP contribution is 2.05. The van der Waals surface area contributed by atoms with Gasteiger partial charge in [0.2, 0.25) is 0 Å². The fraction of sp³-hybridized carbons (Fsp3) is 0.300. The quantitative estimate of drug-likeness (QED) is 0.816. The number of hydrogen-bond acceptors (Lipinski definition) is 4. The number of carbonyl (C=O) groups is 2. The highest BCUT2D eigenvalue weighted by molar-refractivity contribution is 5.88. The maximum atomic E-state index is 11.2. The highest BCUT2D eigenvalue weighted by atomic mass is 16.6. The number of nitrogens with one attached hydrogen (secondary N) is 1. The van der Waals surface area contributed by atoms with Crippen LogP contribution >= 0.6 is 0 Å². The van der Waals surface area contributed by atoms with E-state index in [0.29, 0.717) is 0 Å². The summed E-state index contributed by atoms with van der Waals surface area (Å²) in [5.41, 5.74) is 0.0581. The second kappa shape index (κ2) is 5.11. The zero-order valence-corrected chi connectivity index (χ0v) is 8.93. The molecular formula is C10H12N2O4. The smallest absolute Gasteiger partial charge is 0.413 e. The van der Waals surface area contributed by atoms with Gasteiger partial charge in [-0.15, -0.1) is 0 Å². The molecule has 0 spiro atoms. The summed E-state index contributed by atoms with van der Waals surface area (Å²) in [6.07, 6.45) is 0.316. The first-order valence-electron chi connectivity index (χ1n) is 4.66. The number of rotatable bonds is 3. The lowest BCUT2D eigenvalue weighted by Gasteiger charge is -2.08. The molecule has 0 saturated heterocycles. The van der Waals surface area contributed by atoms with E-state index in [1.54, 1.807) is 13.8 Å². The first-order chi connectivity index (χ1) is 7.49. The molecule has 0 aliphatic heterocycles. The SMILES string of the molecule is CC(C)OC(=O)Nc1ccc(C(=O)O)cn1. The molecule has 0 aliphatic rings. The molecule has 0 unspecified atom stereocenters. The number of amides is 1. The molecule has 0 fully saturated rings. The van der Waals surface area contributed by atoms with E-state index in [1.807, 2.05) is 0 Å². The second-order valence-electron chi connectivity index (χ2n) is 3.32. The summed E-state index contributed by atoms with van der Waals surface area (Å²) in [7, 11) is 0. The lowest BCUT2D eigenvalue weighted by atomic mass is 10.3. The van der Waals surface area contributed by atoms with Crippen molar-refractivity contribution in [2.24, 2.45) is 0 Å². The van der Waals surface area contributed by atoms with Crippen LogP contribution in [0.5, 0.6) is 0 Å². The van der Waals surface area contributed by atoms with Crippen molar-refractivity contribution in [3.8, 4) is 0 Å². The van der Waals surface area contributed by atoms with Gasteiger partial charge < -0.3 is 9.84 Å². The Morgan fingerprint density at radius 1 is 1.44 bits per heavy atom. The van der Waals surface area contributed by atoms with E-state index in [9.17, 15) is 9.59 Å². The maximum absolute atomic E-state index is 11.2. The summed E-state index contributed by atoms with van der Waals surface area (Å²) in [5, 5.41) is 11.0. The number of nitrogens with zero attached hydrogens (tertiary/aromatic N) is 1. The van der Waals surface area contributed by atoms with E-state index < -0.39 is 12.1 Å². The van der Waals surface area contributed by atoms with E-state index in [4.69, 9.17) is 9.84 Å². The van der Waals surface area contributed by atoms with Crippen LogP contribution in [0.15, 0.2) is 18.3 Å². The Balaban J connectivity index is 2.62. The van der Waals surface area contributed by atoms with Crippen molar-refractivity contribution in [2.45, 2.75) is 20.0 Å². The predicted molar refractivity (Wildman–Crippen MR) is 56.4 cm³/mol. The summed E-state index contributed by atoms with van der Waals surface area (Å²) < 4.78 is 4.83. The van der Waals surface area contributed by atoms with Crippen molar-refractivity contribution in [1.82, 2.24) is 4.98 Å². The third-order valence-corrected chi connectivity index (χ3v) is 1.58. The van der Waals surface area contributed by atoms with Crippen molar-refractivity contribution in [3.05, 3.63) is 23.9 Å². The van der Waals surface area contributed by atoms with Crippen molar-refractivity contribution >= 4 is 17.9 Å². The fourth-order valence-corrected chi connectivity index (χ4v) is 0.942. The first-order valence-corrected chi connectivity index (χ1v) is 4.66. The summed E-state index contributed by atoms with van der Waals surface area (Å²) >= 11 is 0. The molecule has 0 aromatic carbocycles. The summed E-state index contributed by atoms with van der Waals surface area (Å²) in [4.78, 5) is 25.4. The van der Waals surface area contributed by atoms with E-state index in [0.717, 1.165) is 6.20 Å². The van der Waals surface area contributed by atoms with Crippen LogP contribution in [0.2, 0.25) is 0 Å². The maximum Gasteiger partial charge on any atom is 0.413 e. The van der Waals surface area contributed by atoms with E-state index in [1.165, 1.54) is 12.1 Å². The molecule has 1 amide bonds. The third-order valence-electron chi connectivity index (χ3n) is 1.58. The number of carbonyl (C=O) groups excluding carboxylic acids is 1. The number of pyridine rings is 1. The van der Waals surface area contributed by atoms with Crippen molar-refractivity contribution in [2.75, 3.05) is 5.32 Å². The van der Waals surface area contributed by atoms with Crippen LogP contribution in [0.25, 0.3) is 0 Å². The Hall–Kier alpha value is -2.11. The molecule has 0 atom stereocenters. The topological polar surface area (TPSA) is 88.5 Å². The zero-order valence-electron chi connectivity index (χ0n) is 8.93. The van der Waals surface area contributed by atoms with Crippen LogP contribution in [-0.4, -0.2) is 28.3 Å². The molecule has 6 heteroatoms. The number of hydrogen-bond donors (Lipinski definition) is 2. The molecule has 1 heterocycles. The lowest BCUT2D eigenvalue weighted by molar-refractivity contribution is 0.0696. The number of anilines is 1. The highest BCUT2D eigenvalue weighted by Gasteiger charge is 2.07. The Bertz CT molecular complexity index is 386. The van der Waals surface area contributed by atoms with Crippen LogP contribution < -0.4 is 5.32 Å². The van der Waals surface area contributed by atoms with Gasteiger partial charge in [0.15, 0.2) is 0 Å². The van der Waals surface area contributed by atoms with E-state index in [2.05, 4.69) is 10.3 Å². The van der Waals surface area contributed by atoms with Gasteiger partial charge in [0.1, 0.15) is 5.82 Å². The Kier molecular flexibility index (Phi) is 3.82. The van der Waals surface area contributed by atoms with E-state index >= 15 is 0 Å². The average molecular weight is 224 g/mol. The number of aromatic nitrogens is 1. The lowest BCUT2D eigenvalue weighted by Crippen LogP contribution is -2.18. The monoisotopic (exact) mass is 224 g/mol. The molecule has 0 radical (unpaired) electrons. The molecule has 1 aromatic rings. The van der Waals surface area contributed by atoms with Crippen molar-refractivity contribution in [3.63, 3.8) is 0 Å². The molecular weight excluding hydrogens is 212 g/mol. The fourth-order valence-electron chi connectivity index (χ4n) is 0.942. The van der Waals surface area contributed by atoms with Gasteiger partial charge in [0, 0.05) is 6.20 Å². The third kappa shape index (κ3) is 3.56. The van der Waals surface area contributed by atoms with Gasteiger partial charge >= 0.3 is 12.1 Å². The average Bonchev–Trinajstić information content (AvgIpc) is 2.16. The summed E-state index contributed by atoms with van der Waals surface area (Å²) in [6.45, 7) is 3.45. The molecule has 6 nitrogen and oxygen atoms in total. The molecule has 1 aromatic heterocycles. The summed E-state index contributed by atoms with van der Waals surface area (Å²) in [5.74, 6) is -0.820. The number of carboxylic acid groups (broad SMARTS) is 1. The standard InChI is InChI=1S/C10H12N2O4/c1-6(2)16-10(15)12-8-4-3-7(5-11-8)9(13)14/h3-6H,1-2H3,(H,13,14)(H,11,12,15). The van der Waals surface area contributed by atoms with Crippen LogP contribution in [0.4, 0.5) is 10.6 Å². The molecule has 0 aliphatic carbocycles. The van der Waals surface area contributed by atoms with Crippen LogP contribution in [-0.2, 0) is 4.74 Å².